The minimum atomic E-state index is -1.10. The van der Waals surface area contributed by atoms with Crippen molar-refractivity contribution in [1.82, 2.24) is 0 Å². The zero-order chi connectivity index (χ0) is 16.1. The topological polar surface area (TPSA) is 123 Å². The third kappa shape index (κ3) is 2.94. The first kappa shape index (κ1) is 14.8. The lowest BCUT2D eigenvalue weighted by Crippen LogP contribution is -2.25. The molecule has 2 aromatic rings. The summed E-state index contributed by atoms with van der Waals surface area (Å²) in [6, 6.07) is 13.4. The van der Waals surface area contributed by atoms with Crippen molar-refractivity contribution in [3.63, 3.8) is 0 Å². The highest BCUT2D eigenvalue weighted by Gasteiger charge is 2.19. The molecular formula is C14H10N4O4. The number of hydrogen-bond acceptors (Lipinski definition) is 4. The highest BCUT2D eigenvalue weighted by molar-refractivity contribution is 5.88. The summed E-state index contributed by atoms with van der Waals surface area (Å²) in [5, 5.41) is 41.7. The number of carboxylic acids is 1. The average molecular weight is 298 g/mol. The molecule has 0 bridgehead atoms. The summed E-state index contributed by atoms with van der Waals surface area (Å²) < 4.78 is 0. The van der Waals surface area contributed by atoms with E-state index >= 15 is 0 Å². The molecule has 0 aromatic heterocycles. The number of hydrazine groups is 1. The van der Waals surface area contributed by atoms with Crippen LogP contribution >= 0.6 is 0 Å². The molecule has 0 atom stereocenters. The summed E-state index contributed by atoms with van der Waals surface area (Å²) in [5.74, 6) is -1.10. The van der Waals surface area contributed by atoms with Crippen LogP contribution in [0.4, 0.5) is 11.4 Å². The van der Waals surface area contributed by atoms with E-state index in [9.17, 15) is 10.0 Å². The number of carboxylic acid groups (broad SMARTS) is 1. The fourth-order valence-electron chi connectivity index (χ4n) is 1.81. The van der Waals surface area contributed by atoms with Crippen molar-refractivity contribution in [3.8, 4) is 6.07 Å². The van der Waals surface area contributed by atoms with Gasteiger partial charge in [-0.2, -0.15) is 5.26 Å². The molecule has 0 radical (unpaired) electrons. The van der Waals surface area contributed by atoms with Gasteiger partial charge >= 0.3 is 5.97 Å². The molecule has 2 aromatic carbocycles. The first-order valence-corrected chi connectivity index (χ1v) is 6.02. The Labute approximate surface area is 124 Å². The second-order valence-electron chi connectivity index (χ2n) is 4.16. The van der Waals surface area contributed by atoms with Gasteiger partial charge in [-0.1, -0.05) is 5.01 Å². The van der Waals surface area contributed by atoms with Gasteiger partial charge in [-0.15, -0.1) is 0 Å². The van der Waals surface area contributed by atoms with Gasteiger partial charge in [0, 0.05) is 0 Å². The minimum absolute atomic E-state index is 0.0573. The van der Waals surface area contributed by atoms with Gasteiger partial charge in [0.15, 0.2) is 0 Å². The molecule has 110 valence electrons. The summed E-state index contributed by atoms with van der Waals surface area (Å²) >= 11 is 0. The van der Waals surface area contributed by atoms with Crippen LogP contribution in [0.3, 0.4) is 0 Å². The molecule has 22 heavy (non-hydrogen) atoms. The van der Waals surface area contributed by atoms with Gasteiger partial charge in [-0.25, -0.2) is 4.79 Å². The maximum atomic E-state index is 11.7. The molecular weight excluding hydrogens is 288 g/mol. The Morgan fingerprint density at radius 2 is 1.64 bits per heavy atom. The second-order valence-corrected chi connectivity index (χ2v) is 4.16. The van der Waals surface area contributed by atoms with Crippen LogP contribution in [0.1, 0.15) is 15.9 Å². The monoisotopic (exact) mass is 298 g/mol. The molecule has 0 heterocycles. The van der Waals surface area contributed by atoms with Gasteiger partial charge < -0.3 is 15.5 Å². The number of rotatable bonds is 4. The molecule has 0 aliphatic carbocycles. The lowest BCUT2D eigenvalue weighted by molar-refractivity contribution is -0.558. The molecule has 0 aliphatic rings. The first-order valence-electron chi connectivity index (χ1n) is 6.02. The standard InChI is InChI=1S/C14H10N4O4/c15-9-10-1-5-12(6-2-10)17(18(22)16-21)13-7-3-11(4-8-13)14(19)20/h1-8,21H,(H,19,20)/b18-16-. The van der Waals surface area contributed by atoms with Crippen molar-refractivity contribution in [2.75, 3.05) is 5.01 Å². The van der Waals surface area contributed by atoms with E-state index in [4.69, 9.17) is 15.6 Å². The Hall–Kier alpha value is -3.60. The summed E-state index contributed by atoms with van der Waals surface area (Å²) in [7, 11) is 0. The quantitative estimate of drug-likeness (QED) is 0.508. The van der Waals surface area contributed by atoms with Crippen LogP contribution in [0, 0.1) is 16.5 Å². The molecule has 0 unspecified atom stereocenters. The van der Waals surface area contributed by atoms with Crippen LogP contribution < -0.4 is 5.01 Å². The third-order valence-electron chi connectivity index (χ3n) is 2.85. The minimum Gasteiger partial charge on any atom is -0.568 e. The maximum Gasteiger partial charge on any atom is 0.335 e. The number of aromatic carboxylic acids is 1. The largest absolute Gasteiger partial charge is 0.568 e. The summed E-state index contributed by atoms with van der Waals surface area (Å²) in [4.78, 5) is 10.8. The molecule has 0 saturated carbocycles. The Kier molecular flexibility index (Phi) is 4.19. The van der Waals surface area contributed by atoms with E-state index in [2.05, 4.69) is 5.28 Å². The van der Waals surface area contributed by atoms with E-state index in [-0.39, 0.29) is 10.5 Å². The number of benzene rings is 2. The number of nitrogens with zero attached hydrogens (tertiary/aromatic N) is 4. The van der Waals surface area contributed by atoms with Crippen LogP contribution in [-0.2, 0) is 0 Å². The second kappa shape index (κ2) is 6.23. The maximum absolute atomic E-state index is 11.7. The van der Waals surface area contributed by atoms with Crippen molar-refractivity contribution in [1.29, 1.82) is 5.26 Å². The zero-order valence-electron chi connectivity index (χ0n) is 11.1. The highest BCUT2D eigenvalue weighted by Crippen LogP contribution is 2.26. The van der Waals surface area contributed by atoms with Gasteiger partial charge in [-0.3, -0.25) is 0 Å². The molecule has 8 heteroatoms. The van der Waals surface area contributed by atoms with Crippen LogP contribution in [0.15, 0.2) is 53.8 Å². The first-order chi connectivity index (χ1) is 10.6. The molecule has 2 rings (SSSR count). The van der Waals surface area contributed by atoms with Gasteiger partial charge in [-0.05, 0) is 48.5 Å². The Morgan fingerprint density at radius 3 is 2.05 bits per heavy atom. The molecule has 0 spiro atoms. The van der Waals surface area contributed by atoms with E-state index < -0.39 is 5.97 Å². The van der Waals surface area contributed by atoms with Crippen molar-refractivity contribution < 1.29 is 20.1 Å². The fraction of sp³-hybridized carbons (Fsp3) is 0. The van der Waals surface area contributed by atoms with Gasteiger partial charge in [0.1, 0.15) is 11.4 Å². The normalized spacial score (nSPS) is 10.8. The zero-order valence-corrected chi connectivity index (χ0v) is 11.1. The molecule has 0 fully saturated rings. The van der Waals surface area contributed by atoms with Crippen molar-refractivity contribution in [3.05, 3.63) is 64.9 Å². The van der Waals surface area contributed by atoms with E-state index in [0.29, 0.717) is 16.9 Å². The lowest BCUT2D eigenvalue weighted by Gasteiger charge is -2.17. The van der Waals surface area contributed by atoms with Gasteiger partial charge in [0.05, 0.1) is 22.2 Å². The van der Waals surface area contributed by atoms with Crippen LogP contribution in [0.2, 0.25) is 0 Å². The smallest absolute Gasteiger partial charge is 0.335 e. The van der Waals surface area contributed by atoms with E-state index in [1.54, 1.807) is 0 Å². The van der Waals surface area contributed by atoms with Crippen molar-refractivity contribution in [2.45, 2.75) is 0 Å². The van der Waals surface area contributed by atoms with E-state index in [1.165, 1.54) is 48.5 Å². The lowest BCUT2D eigenvalue weighted by atomic mass is 10.2. The van der Waals surface area contributed by atoms with Gasteiger partial charge in [0.2, 0.25) is 5.28 Å². The van der Waals surface area contributed by atoms with Crippen LogP contribution in [0.5, 0.6) is 0 Å². The average Bonchev–Trinajstić information content (AvgIpc) is 2.56. The molecule has 2 N–H and O–H groups in total. The molecule has 0 amide bonds. The number of carbonyl (C=O) groups is 1. The number of hydrogen-bond donors (Lipinski definition) is 2. The fourth-order valence-corrected chi connectivity index (χ4v) is 1.81. The van der Waals surface area contributed by atoms with Crippen molar-refractivity contribution >= 4 is 17.3 Å². The molecule has 0 aliphatic heterocycles. The third-order valence-corrected chi connectivity index (χ3v) is 2.85. The van der Waals surface area contributed by atoms with Crippen LogP contribution in [0.25, 0.3) is 0 Å². The van der Waals surface area contributed by atoms with E-state index in [1.807, 2.05) is 6.07 Å². The highest BCUT2D eigenvalue weighted by atomic mass is 16.6. The van der Waals surface area contributed by atoms with Crippen molar-refractivity contribution in [2.24, 2.45) is 5.28 Å². The number of anilines is 2. The predicted octanol–water partition coefficient (Wildman–Crippen LogP) is 2.66. The summed E-state index contributed by atoms with van der Waals surface area (Å²) in [6.45, 7) is 0. The summed E-state index contributed by atoms with van der Waals surface area (Å²) in [5.41, 5.74) is 1.10. The molecule has 8 nitrogen and oxygen atoms in total. The van der Waals surface area contributed by atoms with Crippen LogP contribution in [-0.4, -0.2) is 21.3 Å². The Bertz CT molecular complexity index is 748. The number of nitriles is 1. The van der Waals surface area contributed by atoms with E-state index in [0.717, 1.165) is 5.01 Å². The molecule has 0 saturated heterocycles. The predicted molar refractivity (Wildman–Crippen MR) is 74.5 cm³/mol. The Balaban J connectivity index is 2.46. The Morgan fingerprint density at radius 1 is 1.14 bits per heavy atom. The SMILES string of the molecule is N#Cc1ccc(N(c2ccc(C(=O)O)cc2)/[N+]([O-])=N/O)cc1. The summed E-state index contributed by atoms with van der Waals surface area (Å²) in [6.07, 6.45) is 0. The van der Waals surface area contributed by atoms with Gasteiger partial charge in [0.25, 0.3) is 0 Å².